The highest BCUT2D eigenvalue weighted by molar-refractivity contribution is 6.33. The van der Waals surface area contributed by atoms with E-state index in [1.54, 1.807) is 13.8 Å². The number of nitrogens with zero attached hydrogens (tertiary/aromatic N) is 2. The van der Waals surface area contributed by atoms with Gasteiger partial charge in [-0.25, -0.2) is 0 Å². The van der Waals surface area contributed by atoms with Crippen LogP contribution in [0.4, 0.5) is 0 Å². The average Bonchev–Trinajstić information content (AvgIpc) is 3.13. The Morgan fingerprint density at radius 3 is 1.02 bits per heavy atom. The molecular weight excluding hydrogens is 716 g/mol. The molecule has 0 saturated carbocycles. The van der Waals surface area contributed by atoms with Gasteiger partial charge in [-0.1, -0.05) is 0 Å². The van der Waals surface area contributed by atoms with Crippen molar-refractivity contribution in [2.24, 2.45) is 0 Å². The minimum absolute atomic E-state index is 0.0120. The van der Waals surface area contributed by atoms with Crippen LogP contribution < -0.4 is 0 Å². The second kappa shape index (κ2) is 20.8. The standard InChI is InChI=1S/C36H42N2O16/c1-3-51-27(39)21-29(41)53-19-17-49-15-13-47-11-9-37-33(43)23-5-7-25-32-26(8-6-24(31(23)32)34(37)44)36(46)38(35(25)45)10-12-48-14-16-50-18-20-54-30(42)22-28(40)52-4-2/h5-8H,3-4,9-22H2,1-2H3. The Morgan fingerprint density at radius 1 is 0.426 bits per heavy atom. The normalized spacial score (nSPS) is 13.4. The lowest BCUT2D eigenvalue weighted by Crippen LogP contribution is -2.45. The molecule has 0 saturated heterocycles. The fraction of sp³-hybridized carbons (Fsp3) is 0.500. The molecule has 4 amide bonds. The predicted octanol–water partition coefficient (Wildman–Crippen LogP) is 1.09. The maximum Gasteiger partial charge on any atom is 0.317 e. The van der Waals surface area contributed by atoms with Crippen molar-refractivity contribution in [3.63, 3.8) is 0 Å². The van der Waals surface area contributed by atoms with E-state index in [1.807, 2.05) is 0 Å². The SMILES string of the molecule is CCOC(=O)CC(=O)OCCOCCOCCN1C(=O)c2ccc3c4c(ccc(c24)C1=O)C(=O)N(CCOCCOCCOC(=O)CC(=O)OCC)C3=O. The molecule has 0 atom stereocenters. The van der Waals surface area contributed by atoms with Crippen LogP contribution in [0.15, 0.2) is 24.3 Å². The number of benzene rings is 2. The van der Waals surface area contributed by atoms with E-state index < -0.39 is 60.3 Å². The van der Waals surface area contributed by atoms with Crippen molar-refractivity contribution in [1.29, 1.82) is 0 Å². The molecule has 2 aromatic carbocycles. The Kier molecular flexibility index (Phi) is 16.0. The van der Waals surface area contributed by atoms with Gasteiger partial charge in [0.05, 0.1) is 79.2 Å². The van der Waals surface area contributed by atoms with Crippen molar-refractivity contribution in [1.82, 2.24) is 9.80 Å². The lowest BCUT2D eigenvalue weighted by atomic mass is 9.86. The quantitative estimate of drug-likeness (QED) is 0.0481. The van der Waals surface area contributed by atoms with Crippen molar-refractivity contribution >= 4 is 58.3 Å². The van der Waals surface area contributed by atoms with Crippen LogP contribution in [0.25, 0.3) is 10.8 Å². The monoisotopic (exact) mass is 758 g/mol. The summed E-state index contributed by atoms with van der Waals surface area (Å²) < 4.78 is 40.8. The smallest absolute Gasteiger partial charge is 0.317 e. The first-order valence-electron chi connectivity index (χ1n) is 17.3. The molecule has 2 aliphatic heterocycles. The van der Waals surface area contributed by atoms with Crippen LogP contribution in [-0.4, -0.2) is 150 Å². The molecule has 0 fully saturated rings. The van der Waals surface area contributed by atoms with E-state index in [1.165, 1.54) is 24.3 Å². The molecule has 2 heterocycles. The number of esters is 4. The van der Waals surface area contributed by atoms with Gasteiger partial charge in [-0.15, -0.1) is 0 Å². The second-order valence-electron chi connectivity index (χ2n) is 11.4. The second-order valence-corrected chi connectivity index (χ2v) is 11.4. The number of carbonyl (C=O) groups is 8. The summed E-state index contributed by atoms with van der Waals surface area (Å²) in [7, 11) is 0. The van der Waals surface area contributed by atoms with Crippen LogP contribution in [-0.2, 0) is 57.1 Å². The fourth-order valence-electron chi connectivity index (χ4n) is 5.53. The first-order chi connectivity index (χ1) is 26.1. The van der Waals surface area contributed by atoms with Crippen LogP contribution in [0.2, 0.25) is 0 Å². The van der Waals surface area contributed by atoms with Gasteiger partial charge in [0, 0.05) is 33.0 Å². The van der Waals surface area contributed by atoms with Crippen molar-refractivity contribution in [3.05, 3.63) is 46.5 Å². The highest BCUT2D eigenvalue weighted by atomic mass is 16.6. The molecule has 0 unspecified atom stereocenters. The Balaban J connectivity index is 1.19. The highest BCUT2D eigenvalue weighted by Gasteiger charge is 2.39. The molecule has 4 rings (SSSR count). The first kappa shape index (κ1) is 41.5. The molecule has 2 aliphatic rings. The van der Waals surface area contributed by atoms with Gasteiger partial charge in [0.1, 0.15) is 26.1 Å². The van der Waals surface area contributed by atoms with Crippen LogP contribution >= 0.6 is 0 Å². The summed E-state index contributed by atoms with van der Waals surface area (Å²) in [5.41, 5.74) is 0.712. The molecular formula is C36H42N2O16. The van der Waals surface area contributed by atoms with Gasteiger partial charge in [-0.2, -0.15) is 0 Å². The Morgan fingerprint density at radius 2 is 0.704 bits per heavy atom. The van der Waals surface area contributed by atoms with E-state index in [2.05, 4.69) is 9.47 Å². The van der Waals surface area contributed by atoms with Gasteiger partial charge in [0.15, 0.2) is 0 Å². The maximum atomic E-state index is 13.5. The minimum atomic E-state index is -0.723. The maximum absolute atomic E-state index is 13.5. The van der Waals surface area contributed by atoms with E-state index in [4.69, 9.17) is 28.4 Å². The number of hydrogen-bond donors (Lipinski definition) is 0. The molecule has 292 valence electrons. The van der Waals surface area contributed by atoms with E-state index in [-0.39, 0.29) is 125 Å². The molecule has 18 heteroatoms. The zero-order chi connectivity index (χ0) is 39.0. The topological polar surface area (TPSA) is 217 Å². The van der Waals surface area contributed by atoms with Crippen LogP contribution in [0.3, 0.4) is 0 Å². The average molecular weight is 759 g/mol. The molecule has 0 bridgehead atoms. The van der Waals surface area contributed by atoms with Crippen molar-refractivity contribution < 1.29 is 76.3 Å². The van der Waals surface area contributed by atoms with Crippen LogP contribution in [0.5, 0.6) is 0 Å². The summed E-state index contributed by atoms with van der Waals surface area (Å²) >= 11 is 0. The van der Waals surface area contributed by atoms with Gasteiger partial charge in [-0.3, -0.25) is 48.2 Å². The number of ether oxygens (including phenoxy) is 8. The number of amides is 4. The summed E-state index contributed by atoms with van der Waals surface area (Å²) in [4.78, 5) is 102. The fourth-order valence-corrected chi connectivity index (χ4v) is 5.53. The summed E-state index contributed by atoms with van der Waals surface area (Å²) in [5.74, 6) is -5.15. The summed E-state index contributed by atoms with van der Waals surface area (Å²) in [6.45, 7) is 4.07. The van der Waals surface area contributed by atoms with Crippen molar-refractivity contribution in [2.45, 2.75) is 26.7 Å². The van der Waals surface area contributed by atoms with Gasteiger partial charge < -0.3 is 37.9 Å². The summed E-state index contributed by atoms with van der Waals surface area (Å²) in [6, 6.07) is 5.87. The van der Waals surface area contributed by atoms with Gasteiger partial charge in [-0.05, 0) is 38.1 Å². The lowest BCUT2D eigenvalue weighted by Gasteiger charge is -2.31. The van der Waals surface area contributed by atoms with E-state index in [0.717, 1.165) is 9.80 Å². The number of hydrogen-bond acceptors (Lipinski definition) is 16. The van der Waals surface area contributed by atoms with Gasteiger partial charge in [0.25, 0.3) is 23.6 Å². The van der Waals surface area contributed by atoms with Crippen LogP contribution in [0, 0.1) is 0 Å². The molecule has 0 aromatic heterocycles. The molecule has 0 radical (unpaired) electrons. The first-order valence-corrected chi connectivity index (χ1v) is 17.3. The van der Waals surface area contributed by atoms with Gasteiger partial charge >= 0.3 is 23.9 Å². The zero-order valence-electron chi connectivity index (χ0n) is 30.0. The zero-order valence-corrected chi connectivity index (χ0v) is 30.0. The molecule has 0 aliphatic carbocycles. The predicted molar refractivity (Wildman–Crippen MR) is 182 cm³/mol. The molecule has 0 spiro atoms. The molecule has 2 aromatic rings. The van der Waals surface area contributed by atoms with Crippen molar-refractivity contribution in [3.8, 4) is 0 Å². The Labute approximate surface area is 309 Å². The van der Waals surface area contributed by atoms with E-state index >= 15 is 0 Å². The molecule has 18 nitrogen and oxygen atoms in total. The van der Waals surface area contributed by atoms with E-state index in [9.17, 15) is 38.4 Å². The lowest BCUT2D eigenvalue weighted by molar-refractivity contribution is -0.157. The third-order valence-electron chi connectivity index (χ3n) is 7.89. The van der Waals surface area contributed by atoms with E-state index in [0.29, 0.717) is 0 Å². The third-order valence-corrected chi connectivity index (χ3v) is 7.89. The summed E-state index contributed by atoms with van der Waals surface area (Å²) in [5, 5.41) is 0.490. The Bertz CT molecular complexity index is 1550. The largest absolute Gasteiger partial charge is 0.466 e. The van der Waals surface area contributed by atoms with Crippen LogP contribution in [0.1, 0.15) is 68.1 Å². The molecule has 54 heavy (non-hydrogen) atoms. The third kappa shape index (κ3) is 10.9. The summed E-state index contributed by atoms with van der Waals surface area (Å²) in [6.07, 6.45) is -0.963. The number of carbonyl (C=O) groups excluding carboxylic acids is 8. The number of rotatable bonds is 24. The number of imide groups is 2. The highest BCUT2D eigenvalue weighted by Crippen LogP contribution is 2.37. The van der Waals surface area contributed by atoms with Crippen molar-refractivity contribution in [2.75, 3.05) is 92.4 Å². The van der Waals surface area contributed by atoms with Gasteiger partial charge in [0.2, 0.25) is 0 Å². The minimum Gasteiger partial charge on any atom is -0.466 e. The Hall–Kier alpha value is -5.30. The molecule has 0 N–H and O–H groups in total.